The minimum Gasteiger partial charge on any atom is -0.325 e. The Hall–Kier alpha value is -1.35. The lowest BCUT2D eigenvalue weighted by Gasteiger charge is -2.06. The van der Waals surface area contributed by atoms with Gasteiger partial charge in [-0.2, -0.15) is 0 Å². The largest absolute Gasteiger partial charge is 0.325 e. The summed E-state index contributed by atoms with van der Waals surface area (Å²) in [6.45, 7) is 3.11. The first kappa shape index (κ1) is 10.7. The first-order chi connectivity index (χ1) is 6.50. The second-order valence-electron chi connectivity index (χ2n) is 3.00. The minimum absolute atomic E-state index is 0.161. The SMILES string of the molecule is CC(=N)c1ccc(NC(C)=O)c(Cl)c1. The van der Waals surface area contributed by atoms with E-state index >= 15 is 0 Å². The highest BCUT2D eigenvalue weighted by Gasteiger charge is 2.03. The Labute approximate surface area is 87.6 Å². The van der Waals surface area contributed by atoms with E-state index in [1.165, 1.54) is 6.92 Å². The van der Waals surface area contributed by atoms with Gasteiger partial charge in [0.05, 0.1) is 10.7 Å². The van der Waals surface area contributed by atoms with Gasteiger partial charge in [-0.05, 0) is 24.6 Å². The zero-order chi connectivity index (χ0) is 10.7. The van der Waals surface area contributed by atoms with Crippen molar-refractivity contribution in [3.63, 3.8) is 0 Å². The molecule has 0 aliphatic heterocycles. The van der Waals surface area contributed by atoms with Crippen molar-refractivity contribution in [3.8, 4) is 0 Å². The van der Waals surface area contributed by atoms with Crippen LogP contribution in [0.3, 0.4) is 0 Å². The number of rotatable bonds is 2. The Morgan fingerprint density at radius 2 is 2.07 bits per heavy atom. The molecule has 0 saturated heterocycles. The monoisotopic (exact) mass is 210 g/mol. The van der Waals surface area contributed by atoms with Crippen LogP contribution in [0, 0.1) is 5.41 Å². The maximum absolute atomic E-state index is 10.8. The molecule has 0 aliphatic rings. The van der Waals surface area contributed by atoms with Crippen LogP contribution >= 0.6 is 11.6 Å². The molecule has 1 rings (SSSR count). The van der Waals surface area contributed by atoms with Gasteiger partial charge in [0.15, 0.2) is 0 Å². The third kappa shape index (κ3) is 2.57. The summed E-state index contributed by atoms with van der Waals surface area (Å²) < 4.78 is 0. The van der Waals surface area contributed by atoms with Gasteiger partial charge in [-0.3, -0.25) is 4.79 Å². The van der Waals surface area contributed by atoms with E-state index in [0.29, 0.717) is 16.4 Å². The van der Waals surface area contributed by atoms with Crippen LogP contribution in [0.15, 0.2) is 18.2 Å². The Morgan fingerprint density at radius 3 is 2.50 bits per heavy atom. The molecule has 1 aromatic rings. The molecule has 0 saturated carbocycles. The molecule has 0 fully saturated rings. The van der Waals surface area contributed by atoms with Crippen LogP contribution in [-0.4, -0.2) is 11.6 Å². The Kier molecular flexibility index (Phi) is 3.25. The van der Waals surface area contributed by atoms with E-state index in [9.17, 15) is 4.79 Å². The number of amides is 1. The van der Waals surface area contributed by atoms with E-state index in [1.54, 1.807) is 25.1 Å². The fourth-order valence-electron chi connectivity index (χ4n) is 1.04. The summed E-state index contributed by atoms with van der Waals surface area (Å²) >= 11 is 5.91. The second kappa shape index (κ2) is 4.24. The van der Waals surface area contributed by atoms with Crippen LogP contribution in [0.5, 0.6) is 0 Å². The van der Waals surface area contributed by atoms with Crippen molar-refractivity contribution >= 4 is 28.9 Å². The van der Waals surface area contributed by atoms with Crippen LogP contribution in [0.2, 0.25) is 5.02 Å². The number of carbonyl (C=O) groups excluding carboxylic acids is 1. The number of hydrogen-bond acceptors (Lipinski definition) is 2. The highest BCUT2D eigenvalue weighted by atomic mass is 35.5. The van der Waals surface area contributed by atoms with Crippen LogP contribution in [0.4, 0.5) is 5.69 Å². The fraction of sp³-hybridized carbons (Fsp3) is 0.200. The Morgan fingerprint density at radius 1 is 1.43 bits per heavy atom. The van der Waals surface area contributed by atoms with Crippen molar-refractivity contribution in [2.75, 3.05) is 5.32 Å². The zero-order valence-corrected chi connectivity index (χ0v) is 8.77. The quantitative estimate of drug-likeness (QED) is 0.725. The second-order valence-corrected chi connectivity index (χ2v) is 3.41. The number of nitrogens with one attached hydrogen (secondary N) is 2. The van der Waals surface area contributed by atoms with Gasteiger partial charge in [-0.1, -0.05) is 17.7 Å². The number of anilines is 1. The molecule has 0 bridgehead atoms. The molecular weight excluding hydrogens is 200 g/mol. The number of benzene rings is 1. The van der Waals surface area contributed by atoms with Gasteiger partial charge in [0, 0.05) is 12.6 Å². The zero-order valence-electron chi connectivity index (χ0n) is 8.02. The molecule has 0 radical (unpaired) electrons. The lowest BCUT2D eigenvalue weighted by Crippen LogP contribution is -2.06. The molecule has 0 unspecified atom stereocenters. The molecule has 0 heterocycles. The maximum atomic E-state index is 10.8. The van der Waals surface area contributed by atoms with Crippen molar-refractivity contribution in [1.29, 1.82) is 5.41 Å². The van der Waals surface area contributed by atoms with Gasteiger partial charge < -0.3 is 10.7 Å². The molecule has 0 aromatic heterocycles. The third-order valence-electron chi connectivity index (χ3n) is 1.71. The molecule has 4 heteroatoms. The average Bonchev–Trinajstić information content (AvgIpc) is 2.07. The van der Waals surface area contributed by atoms with Gasteiger partial charge >= 0.3 is 0 Å². The topological polar surface area (TPSA) is 53.0 Å². The van der Waals surface area contributed by atoms with E-state index in [0.717, 1.165) is 5.56 Å². The van der Waals surface area contributed by atoms with E-state index in [1.807, 2.05) is 0 Å². The minimum atomic E-state index is -0.161. The van der Waals surface area contributed by atoms with Crippen LogP contribution in [-0.2, 0) is 4.79 Å². The summed E-state index contributed by atoms with van der Waals surface area (Å²) in [5.41, 5.74) is 1.77. The van der Waals surface area contributed by atoms with Crippen LogP contribution < -0.4 is 5.32 Å². The molecule has 0 aliphatic carbocycles. The van der Waals surface area contributed by atoms with Crippen molar-refractivity contribution in [2.45, 2.75) is 13.8 Å². The molecule has 1 amide bonds. The molecule has 1 aromatic carbocycles. The number of carbonyl (C=O) groups is 1. The third-order valence-corrected chi connectivity index (χ3v) is 2.03. The van der Waals surface area contributed by atoms with Crippen LogP contribution in [0.1, 0.15) is 19.4 Å². The highest BCUT2D eigenvalue weighted by Crippen LogP contribution is 2.23. The Balaban J connectivity index is 3.01. The van der Waals surface area contributed by atoms with Gasteiger partial charge in [-0.25, -0.2) is 0 Å². The van der Waals surface area contributed by atoms with Gasteiger partial charge in [0.2, 0.25) is 5.91 Å². The molecule has 14 heavy (non-hydrogen) atoms. The number of hydrogen-bond donors (Lipinski definition) is 2. The Bertz CT molecular complexity index is 388. The number of halogens is 1. The average molecular weight is 211 g/mol. The highest BCUT2D eigenvalue weighted by molar-refractivity contribution is 6.34. The van der Waals surface area contributed by atoms with Gasteiger partial charge in [-0.15, -0.1) is 0 Å². The van der Waals surface area contributed by atoms with Crippen molar-refractivity contribution in [1.82, 2.24) is 0 Å². The van der Waals surface area contributed by atoms with E-state index in [-0.39, 0.29) is 5.91 Å². The van der Waals surface area contributed by atoms with E-state index in [2.05, 4.69) is 5.32 Å². The predicted molar refractivity (Wildman–Crippen MR) is 58.3 cm³/mol. The summed E-state index contributed by atoms with van der Waals surface area (Å²) in [6.07, 6.45) is 0. The normalized spacial score (nSPS) is 9.64. The summed E-state index contributed by atoms with van der Waals surface area (Å²) in [7, 11) is 0. The molecular formula is C10H11ClN2O. The van der Waals surface area contributed by atoms with E-state index in [4.69, 9.17) is 17.0 Å². The van der Waals surface area contributed by atoms with Crippen molar-refractivity contribution < 1.29 is 4.79 Å². The maximum Gasteiger partial charge on any atom is 0.221 e. The first-order valence-corrected chi connectivity index (χ1v) is 4.51. The van der Waals surface area contributed by atoms with Crippen LogP contribution in [0.25, 0.3) is 0 Å². The standard InChI is InChI=1S/C10H11ClN2O/c1-6(12)8-3-4-10(9(11)5-8)13-7(2)14/h3-5,12H,1-2H3,(H,13,14). The van der Waals surface area contributed by atoms with Gasteiger partial charge in [0.25, 0.3) is 0 Å². The lowest BCUT2D eigenvalue weighted by atomic mass is 10.1. The summed E-state index contributed by atoms with van der Waals surface area (Å²) in [5.74, 6) is -0.161. The molecule has 3 nitrogen and oxygen atoms in total. The van der Waals surface area contributed by atoms with E-state index < -0.39 is 0 Å². The molecule has 0 spiro atoms. The molecule has 2 N–H and O–H groups in total. The predicted octanol–water partition coefficient (Wildman–Crippen LogP) is 2.69. The summed E-state index contributed by atoms with van der Waals surface area (Å²) in [4.78, 5) is 10.8. The summed E-state index contributed by atoms with van der Waals surface area (Å²) in [5, 5.41) is 10.4. The van der Waals surface area contributed by atoms with Crippen molar-refractivity contribution in [2.24, 2.45) is 0 Å². The smallest absolute Gasteiger partial charge is 0.221 e. The van der Waals surface area contributed by atoms with Crippen molar-refractivity contribution in [3.05, 3.63) is 28.8 Å². The summed E-state index contributed by atoms with van der Waals surface area (Å²) in [6, 6.07) is 5.10. The molecule has 74 valence electrons. The lowest BCUT2D eigenvalue weighted by molar-refractivity contribution is -0.114. The first-order valence-electron chi connectivity index (χ1n) is 4.13. The fourth-order valence-corrected chi connectivity index (χ4v) is 1.27. The van der Waals surface area contributed by atoms with Gasteiger partial charge in [0.1, 0.15) is 0 Å². The molecule has 0 atom stereocenters.